The van der Waals surface area contributed by atoms with Crippen molar-refractivity contribution < 1.29 is 14.1 Å². The van der Waals surface area contributed by atoms with Gasteiger partial charge in [0.05, 0.1) is 0 Å². The fourth-order valence-electron chi connectivity index (χ4n) is 3.15. The molecule has 2 heterocycles. The summed E-state index contributed by atoms with van der Waals surface area (Å²) in [6, 6.07) is 6.62. The van der Waals surface area contributed by atoms with Crippen LogP contribution in [0.3, 0.4) is 0 Å². The highest BCUT2D eigenvalue weighted by Crippen LogP contribution is 2.20. The molecule has 8 nitrogen and oxygen atoms in total. The number of amides is 3. The van der Waals surface area contributed by atoms with Crippen LogP contribution in [0.15, 0.2) is 28.8 Å². The summed E-state index contributed by atoms with van der Waals surface area (Å²) in [6.45, 7) is 1.85. The first-order valence-electron chi connectivity index (χ1n) is 8.91. The fraction of sp³-hybridized carbons (Fsp3) is 0.444. The first-order valence-corrected chi connectivity index (χ1v) is 9.28. The van der Waals surface area contributed by atoms with Crippen LogP contribution < -0.4 is 11.1 Å². The third kappa shape index (κ3) is 5.43. The second-order valence-electron chi connectivity index (χ2n) is 6.61. The number of aryl methyl sites for hydroxylation is 1. The van der Waals surface area contributed by atoms with E-state index < -0.39 is 6.03 Å². The van der Waals surface area contributed by atoms with E-state index in [4.69, 9.17) is 21.9 Å². The monoisotopic (exact) mass is 391 g/mol. The molecule has 3 rings (SSSR count). The molecule has 0 unspecified atom stereocenters. The van der Waals surface area contributed by atoms with Crippen LogP contribution in [-0.2, 0) is 11.2 Å². The molecule has 1 aliphatic heterocycles. The topological polar surface area (TPSA) is 114 Å². The standard InChI is InChI=1S/C18H22ClN5O3/c19-14-5-3-13(4-6-14)17-22-15(27-23-17)7-8-16(25)24-9-1-2-12(11-24)10-21-18(20)26/h3-6,12H,1-2,7-11H2,(H3,20,21,26)/t12-/m0/s1. The number of urea groups is 1. The Morgan fingerprint density at radius 3 is 2.85 bits per heavy atom. The average Bonchev–Trinajstić information content (AvgIpc) is 3.14. The maximum absolute atomic E-state index is 12.5. The van der Waals surface area contributed by atoms with Gasteiger partial charge in [-0.05, 0) is 43.0 Å². The number of piperidine rings is 1. The van der Waals surface area contributed by atoms with Crippen molar-refractivity contribution in [3.8, 4) is 11.4 Å². The number of primary amides is 1. The summed E-state index contributed by atoms with van der Waals surface area (Å²) in [4.78, 5) is 29.5. The van der Waals surface area contributed by atoms with E-state index in [0.717, 1.165) is 24.9 Å². The van der Waals surface area contributed by atoms with Gasteiger partial charge in [-0.25, -0.2) is 4.79 Å². The van der Waals surface area contributed by atoms with Crippen molar-refractivity contribution >= 4 is 23.5 Å². The molecule has 0 bridgehead atoms. The Balaban J connectivity index is 1.50. The molecule has 0 aliphatic carbocycles. The third-order valence-electron chi connectivity index (χ3n) is 4.56. The van der Waals surface area contributed by atoms with Crippen LogP contribution in [-0.4, -0.2) is 46.6 Å². The molecule has 3 amide bonds. The number of hydrogen-bond donors (Lipinski definition) is 2. The van der Waals surface area contributed by atoms with Gasteiger partial charge < -0.3 is 20.5 Å². The number of carbonyl (C=O) groups is 2. The number of nitrogens with one attached hydrogen (secondary N) is 1. The molecule has 2 aromatic rings. The predicted octanol–water partition coefficient (Wildman–Crippen LogP) is 2.23. The molecule has 27 heavy (non-hydrogen) atoms. The van der Waals surface area contributed by atoms with Crippen LogP contribution in [0.2, 0.25) is 5.02 Å². The number of nitrogens with two attached hydrogens (primary N) is 1. The van der Waals surface area contributed by atoms with Gasteiger partial charge >= 0.3 is 6.03 Å². The first kappa shape index (κ1) is 19.2. The molecular weight excluding hydrogens is 370 g/mol. The van der Waals surface area contributed by atoms with Crippen LogP contribution >= 0.6 is 11.6 Å². The van der Waals surface area contributed by atoms with E-state index >= 15 is 0 Å². The van der Waals surface area contributed by atoms with Gasteiger partial charge in [0.1, 0.15) is 0 Å². The van der Waals surface area contributed by atoms with Gasteiger partial charge in [0.15, 0.2) is 0 Å². The van der Waals surface area contributed by atoms with Crippen LogP contribution in [0.1, 0.15) is 25.2 Å². The number of nitrogens with zero attached hydrogens (tertiary/aromatic N) is 3. The summed E-state index contributed by atoms with van der Waals surface area (Å²) in [5.74, 6) is 1.18. The lowest BCUT2D eigenvalue weighted by molar-refractivity contribution is -0.133. The van der Waals surface area contributed by atoms with Gasteiger partial charge in [0.25, 0.3) is 0 Å². The Labute approximate surface area is 162 Å². The van der Waals surface area contributed by atoms with Crippen molar-refractivity contribution in [3.05, 3.63) is 35.2 Å². The highest BCUT2D eigenvalue weighted by molar-refractivity contribution is 6.30. The molecule has 1 aromatic carbocycles. The van der Waals surface area contributed by atoms with Crippen LogP contribution in [0.25, 0.3) is 11.4 Å². The minimum absolute atomic E-state index is 0.0463. The van der Waals surface area contributed by atoms with Gasteiger partial charge in [0, 0.05) is 43.1 Å². The van der Waals surface area contributed by atoms with Crippen molar-refractivity contribution in [2.75, 3.05) is 19.6 Å². The Morgan fingerprint density at radius 2 is 2.11 bits per heavy atom. The number of hydrogen-bond acceptors (Lipinski definition) is 5. The van der Waals surface area contributed by atoms with Crippen LogP contribution in [0.4, 0.5) is 4.79 Å². The number of likely N-dealkylation sites (tertiary alicyclic amines) is 1. The quantitative estimate of drug-likeness (QED) is 0.783. The minimum Gasteiger partial charge on any atom is -0.352 e. The Kier molecular flexibility index (Phi) is 6.28. The molecule has 1 saturated heterocycles. The summed E-state index contributed by atoms with van der Waals surface area (Å²) < 4.78 is 5.25. The normalized spacial score (nSPS) is 16.9. The van der Waals surface area contributed by atoms with Gasteiger partial charge in [-0.1, -0.05) is 16.8 Å². The molecule has 0 saturated carbocycles. The van der Waals surface area contributed by atoms with Gasteiger partial charge in [-0.2, -0.15) is 4.98 Å². The third-order valence-corrected chi connectivity index (χ3v) is 4.81. The first-order chi connectivity index (χ1) is 13.0. The Bertz CT molecular complexity index is 793. The molecule has 3 N–H and O–H groups in total. The van der Waals surface area contributed by atoms with E-state index in [1.165, 1.54) is 0 Å². The number of rotatable bonds is 6. The second kappa shape index (κ2) is 8.85. The predicted molar refractivity (Wildman–Crippen MR) is 100.0 cm³/mol. The van der Waals surface area contributed by atoms with E-state index in [9.17, 15) is 9.59 Å². The number of carbonyl (C=O) groups excluding carboxylic acids is 2. The van der Waals surface area contributed by atoms with E-state index in [-0.39, 0.29) is 11.8 Å². The summed E-state index contributed by atoms with van der Waals surface area (Å²) in [5, 5.41) is 7.20. The summed E-state index contributed by atoms with van der Waals surface area (Å²) in [5.41, 5.74) is 5.91. The van der Waals surface area contributed by atoms with Crippen molar-refractivity contribution in [1.82, 2.24) is 20.4 Å². The zero-order chi connectivity index (χ0) is 19.2. The SMILES string of the molecule is NC(=O)NC[C@@H]1CCCN(C(=O)CCc2nc(-c3ccc(Cl)cc3)no2)C1. The van der Waals surface area contributed by atoms with Crippen molar-refractivity contribution in [2.45, 2.75) is 25.7 Å². The lowest BCUT2D eigenvalue weighted by Crippen LogP contribution is -2.44. The van der Waals surface area contributed by atoms with Crippen molar-refractivity contribution in [2.24, 2.45) is 11.7 Å². The van der Waals surface area contributed by atoms with E-state index in [0.29, 0.717) is 42.7 Å². The molecule has 1 aliphatic rings. The summed E-state index contributed by atoms with van der Waals surface area (Å²) in [6.07, 6.45) is 2.58. The van der Waals surface area contributed by atoms with Crippen LogP contribution in [0.5, 0.6) is 0 Å². The van der Waals surface area contributed by atoms with Crippen LogP contribution in [0, 0.1) is 5.92 Å². The van der Waals surface area contributed by atoms with Gasteiger partial charge in [-0.3, -0.25) is 4.79 Å². The number of halogens is 1. The summed E-state index contributed by atoms with van der Waals surface area (Å²) in [7, 11) is 0. The fourth-order valence-corrected chi connectivity index (χ4v) is 3.27. The largest absolute Gasteiger partial charge is 0.352 e. The van der Waals surface area contributed by atoms with Gasteiger partial charge in [-0.15, -0.1) is 0 Å². The van der Waals surface area contributed by atoms with E-state index in [1.807, 2.05) is 17.0 Å². The summed E-state index contributed by atoms with van der Waals surface area (Å²) >= 11 is 5.87. The van der Waals surface area contributed by atoms with Gasteiger partial charge in [0.2, 0.25) is 17.6 Å². The maximum Gasteiger partial charge on any atom is 0.312 e. The highest BCUT2D eigenvalue weighted by Gasteiger charge is 2.24. The lowest BCUT2D eigenvalue weighted by Gasteiger charge is -2.32. The molecule has 9 heteroatoms. The Hall–Kier alpha value is -2.61. The molecule has 0 radical (unpaired) electrons. The lowest BCUT2D eigenvalue weighted by atomic mass is 9.97. The minimum atomic E-state index is -0.536. The van der Waals surface area contributed by atoms with Crippen molar-refractivity contribution in [1.29, 1.82) is 0 Å². The zero-order valence-electron chi connectivity index (χ0n) is 14.9. The number of aromatic nitrogens is 2. The second-order valence-corrected chi connectivity index (χ2v) is 7.05. The molecule has 1 fully saturated rings. The zero-order valence-corrected chi connectivity index (χ0v) is 15.6. The maximum atomic E-state index is 12.5. The smallest absolute Gasteiger partial charge is 0.312 e. The molecule has 1 atom stereocenters. The average molecular weight is 392 g/mol. The molecular formula is C18H22ClN5O3. The number of benzene rings is 1. The van der Waals surface area contributed by atoms with Crippen molar-refractivity contribution in [3.63, 3.8) is 0 Å². The molecule has 1 aromatic heterocycles. The van der Waals surface area contributed by atoms with E-state index in [1.54, 1.807) is 12.1 Å². The highest BCUT2D eigenvalue weighted by atomic mass is 35.5. The molecule has 144 valence electrons. The Morgan fingerprint density at radius 1 is 1.33 bits per heavy atom. The van der Waals surface area contributed by atoms with E-state index in [2.05, 4.69) is 15.5 Å². The molecule has 0 spiro atoms.